The number of nitrogens with two attached hydrogens (primary N) is 1. The second-order valence-corrected chi connectivity index (χ2v) is 5.73. The zero-order chi connectivity index (χ0) is 14.5. The van der Waals surface area contributed by atoms with Crippen LogP contribution in [0.3, 0.4) is 0 Å². The third-order valence-corrected chi connectivity index (χ3v) is 3.83. The Morgan fingerprint density at radius 2 is 2.05 bits per heavy atom. The van der Waals surface area contributed by atoms with Crippen molar-refractivity contribution in [1.29, 1.82) is 0 Å². The van der Waals surface area contributed by atoms with Gasteiger partial charge >= 0.3 is 0 Å². The maximum atomic E-state index is 9.67. The molecule has 0 saturated heterocycles. The second-order valence-electron chi connectivity index (χ2n) is 5.73. The van der Waals surface area contributed by atoms with Crippen molar-refractivity contribution in [2.24, 2.45) is 10.7 Å². The van der Waals surface area contributed by atoms with Gasteiger partial charge in [-0.25, -0.2) is 0 Å². The molecule has 2 atom stereocenters. The van der Waals surface area contributed by atoms with Crippen molar-refractivity contribution >= 4 is 5.96 Å². The predicted octanol–water partition coefficient (Wildman–Crippen LogP) is 1.95. The van der Waals surface area contributed by atoms with Crippen LogP contribution in [-0.4, -0.2) is 41.7 Å². The number of aliphatic hydroxyl groups excluding tert-OH is 1. The van der Waals surface area contributed by atoms with E-state index < -0.39 is 0 Å². The molecular weight excluding hydrogens is 250 g/mol. The fourth-order valence-corrected chi connectivity index (χ4v) is 2.42. The molecule has 0 aromatic heterocycles. The first-order valence-electron chi connectivity index (χ1n) is 7.33. The molecule has 2 rings (SSSR count). The summed E-state index contributed by atoms with van der Waals surface area (Å²) in [5, 5.41) is 9.67. The summed E-state index contributed by atoms with van der Waals surface area (Å²) in [6.07, 6.45) is 2.79. The van der Waals surface area contributed by atoms with Gasteiger partial charge in [0, 0.05) is 25.6 Å². The molecule has 0 amide bonds. The summed E-state index contributed by atoms with van der Waals surface area (Å²) in [4.78, 5) is 6.58. The molecule has 1 aliphatic carbocycles. The number of benzene rings is 1. The molecule has 4 heteroatoms. The Labute approximate surface area is 121 Å². The minimum atomic E-state index is -0.335. The van der Waals surface area contributed by atoms with E-state index in [1.165, 1.54) is 18.4 Å². The summed E-state index contributed by atoms with van der Waals surface area (Å²) >= 11 is 0. The van der Waals surface area contributed by atoms with Gasteiger partial charge in [0.1, 0.15) is 0 Å². The van der Waals surface area contributed by atoms with Crippen LogP contribution in [0.15, 0.2) is 35.3 Å². The maximum absolute atomic E-state index is 9.67. The molecular formula is C16H25N3O. The van der Waals surface area contributed by atoms with E-state index in [2.05, 4.69) is 22.0 Å². The van der Waals surface area contributed by atoms with Crippen molar-refractivity contribution in [2.45, 2.75) is 44.2 Å². The lowest BCUT2D eigenvalue weighted by Crippen LogP contribution is -2.36. The number of hydrogen-bond donors (Lipinski definition) is 2. The molecule has 2 unspecified atom stereocenters. The van der Waals surface area contributed by atoms with Crippen LogP contribution in [0, 0.1) is 0 Å². The van der Waals surface area contributed by atoms with Gasteiger partial charge in [-0.05, 0) is 31.7 Å². The first kappa shape index (κ1) is 14.9. The minimum Gasteiger partial charge on any atom is -0.393 e. The average Bonchev–Trinajstić information content (AvgIpc) is 3.27. The molecule has 0 spiro atoms. The highest BCUT2D eigenvalue weighted by molar-refractivity contribution is 5.78. The number of aliphatic imine (C=N–C) groups is 1. The van der Waals surface area contributed by atoms with Gasteiger partial charge in [-0.3, -0.25) is 4.99 Å². The fraction of sp³-hybridized carbons (Fsp3) is 0.562. The van der Waals surface area contributed by atoms with E-state index in [4.69, 9.17) is 5.73 Å². The van der Waals surface area contributed by atoms with Gasteiger partial charge in [-0.1, -0.05) is 30.3 Å². The van der Waals surface area contributed by atoms with E-state index in [1.807, 2.05) is 32.2 Å². The minimum absolute atomic E-state index is 0.211. The van der Waals surface area contributed by atoms with E-state index in [-0.39, 0.29) is 12.0 Å². The highest BCUT2D eigenvalue weighted by Gasteiger charge is 2.27. The molecule has 4 nitrogen and oxygen atoms in total. The van der Waals surface area contributed by atoms with Crippen molar-refractivity contribution in [2.75, 3.05) is 13.6 Å². The largest absolute Gasteiger partial charge is 0.393 e. The van der Waals surface area contributed by atoms with Crippen LogP contribution in [0.5, 0.6) is 0 Å². The summed E-state index contributed by atoms with van der Waals surface area (Å²) in [5.74, 6) is 0.821. The van der Waals surface area contributed by atoms with Crippen LogP contribution < -0.4 is 5.73 Å². The zero-order valence-corrected chi connectivity index (χ0v) is 12.4. The molecule has 0 bridgehead atoms. The highest BCUT2D eigenvalue weighted by Crippen LogP contribution is 2.25. The van der Waals surface area contributed by atoms with Crippen molar-refractivity contribution in [3.8, 4) is 0 Å². The lowest BCUT2D eigenvalue weighted by molar-refractivity contribution is 0.175. The van der Waals surface area contributed by atoms with Gasteiger partial charge in [0.2, 0.25) is 0 Å². The van der Waals surface area contributed by atoms with Crippen molar-refractivity contribution < 1.29 is 5.11 Å². The van der Waals surface area contributed by atoms with Crippen LogP contribution in [0.2, 0.25) is 0 Å². The van der Waals surface area contributed by atoms with Crippen LogP contribution in [0.4, 0.5) is 0 Å². The summed E-state index contributed by atoms with van der Waals surface area (Å²) in [6.45, 7) is 2.44. The first-order chi connectivity index (χ1) is 9.58. The Bertz CT molecular complexity index is 440. The summed E-state index contributed by atoms with van der Waals surface area (Å²) in [6, 6.07) is 10.8. The molecule has 0 heterocycles. The van der Waals surface area contributed by atoms with E-state index in [0.29, 0.717) is 25.0 Å². The number of nitrogens with zero attached hydrogens (tertiary/aromatic N) is 2. The van der Waals surface area contributed by atoms with Gasteiger partial charge < -0.3 is 15.7 Å². The summed E-state index contributed by atoms with van der Waals surface area (Å²) < 4.78 is 0. The Balaban J connectivity index is 2.02. The standard InChI is InChI=1S/C16H25N3O/c1-12(20)10-14(13-6-4-3-5-7-13)11-18-16(17)19(2)15-8-9-15/h3-7,12,14-15,20H,8-11H2,1-2H3,(H2,17,18). The molecule has 1 saturated carbocycles. The summed E-state index contributed by atoms with van der Waals surface area (Å²) in [7, 11) is 2.00. The quantitative estimate of drug-likeness (QED) is 0.616. The molecule has 1 fully saturated rings. The number of aliphatic hydroxyl groups is 1. The van der Waals surface area contributed by atoms with E-state index in [1.54, 1.807) is 0 Å². The Morgan fingerprint density at radius 1 is 1.40 bits per heavy atom. The van der Waals surface area contributed by atoms with Crippen molar-refractivity contribution in [3.63, 3.8) is 0 Å². The molecule has 20 heavy (non-hydrogen) atoms. The Kier molecular flexibility index (Phi) is 5.01. The zero-order valence-electron chi connectivity index (χ0n) is 12.4. The number of rotatable bonds is 6. The fourth-order valence-electron chi connectivity index (χ4n) is 2.42. The lowest BCUT2D eigenvalue weighted by atomic mass is 9.93. The normalized spacial score (nSPS) is 18.6. The van der Waals surface area contributed by atoms with Gasteiger partial charge in [-0.15, -0.1) is 0 Å². The average molecular weight is 275 g/mol. The van der Waals surface area contributed by atoms with E-state index >= 15 is 0 Å². The number of guanidine groups is 1. The highest BCUT2D eigenvalue weighted by atomic mass is 16.3. The lowest BCUT2D eigenvalue weighted by Gasteiger charge is -2.20. The smallest absolute Gasteiger partial charge is 0.191 e. The molecule has 1 aromatic rings. The van der Waals surface area contributed by atoms with Gasteiger partial charge in [0.25, 0.3) is 0 Å². The topological polar surface area (TPSA) is 61.9 Å². The summed E-state index contributed by atoms with van der Waals surface area (Å²) in [5.41, 5.74) is 7.24. The monoisotopic (exact) mass is 275 g/mol. The van der Waals surface area contributed by atoms with Crippen LogP contribution >= 0.6 is 0 Å². The second kappa shape index (κ2) is 6.75. The molecule has 1 aliphatic rings. The molecule has 110 valence electrons. The molecule has 0 aliphatic heterocycles. The van der Waals surface area contributed by atoms with E-state index in [0.717, 1.165) is 0 Å². The van der Waals surface area contributed by atoms with Crippen molar-refractivity contribution in [1.82, 2.24) is 4.90 Å². The van der Waals surface area contributed by atoms with Crippen LogP contribution in [0.25, 0.3) is 0 Å². The first-order valence-corrected chi connectivity index (χ1v) is 7.33. The van der Waals surface area contributed by atoms with Crippen LogP contribution in [-0.2, 0) is 0 Å². The predicted molar refractivity (Wildman–Crippen MR) is 82.8 cm³/mol. The van der Waals surface area contributed by atoms with Crippen molar-refractivity contribution in [3.05, 3.63) is 35.9 Å². The SMILES string of the molecule is CC(O)CC(CN=C(N)N(C)C1CC1)c1ccccc1. The Morgan fingerprint density at radius 3 is 2.60 bits per heavy atom. The van der Waals surface area contributed by atoms with Gasteiger partial charge in [-0.2, -0.15) is 0 Å². The third-order valence-electron chi connectivity index (χ3n) is 3.83. The van der Waals surface area contributed by atoms with Gasteiger partial charge in [0.05, 0.1) is 6.10 Å². The molecule has 3 N–H and O–H groups in total. The third kappa shape index (κ3) is 4.23. The number of hydrogen-bond acceptors (Lipinski definition) is 2. The molecule has 0 radical (unpaired) electrons. The van der Waals surface area contributed by atoms with Gasteiger partial charge in [0.15, 0.2) is 5.96 Å². The molecule has 1 aromatic carbocycles. The van der Waals surface area contributed by atoms with E-state index in [9.17, 15) is 5.11 Å². The Hall–Kier alpha value is -1.55. The maximum Gasteiger partial charge on any atom is 0.191 e. The van der Waals surface area contributed by atoms with Crippen LogP contribution in [0.1, 0.15) is 37.7 Å².